The zero-order valence-electron chi connectivity index (χ0n) is 11.1. The quantitative estimate of drug-likeness (QED) is 0.831. The van der Waals surface area contributed by atoms with E-state index in [0.717, 1.165) is 34.7 Å². The fourth-order valence-electron chi connectivity index (χ4n) is 2.96. The molecule has 0 spiro atoms. The van der Waals surface area contributed by atoms with E-state index in [4.69, 9.17) is 17.0 Å². The van der Waals surface area contributed by atoms with E-state index in [1.807, 2.05) is 12.1 Å². The number of benzene rings is 1. The molecule has 1 saturated heterocycles. The van der Waals surface area contributed by atoms with Crippen LogP contribution in [0, 0.1) is 0 Å². The number of thiocarbonyl (C=S) groups is 1. The number of hydrogen-bond acceptors (Lipinski definition) is 2. The summed E-state index contributed by atoms with van der Waals surface area (Å²) < 4.78 is 7.31. The smallest absolute Gasteiger partial charge is 0.184 e. The SMILES string of the molecule is CCCN1C(=S)NC2CC1(C)Oc1c(Br)cccc12. The molecule has 0 saturated carbocycles. The number of para-hydroxylation sites is 1. The van der Waals surface area contributed by atoms with Crippen LogP contribution < -0.4 is 10.1 Å². The van der Waals surface area contributed by atoms with E-state index in [2.05, 4.69) is 46.1 Å². The predicted molar refractivity (Wildman–Crippen MR) is 83.3 cm³/mol. The van der Waals surface area contributed by atoms with Gasteiger partial charge in [-0.05, 0) is 47.6 Å². The summed E-state index contributed by atoms with van der Waals surface area (Å²) in [6, 6.07) is 6.41. The van der Waals surface area contributed by atoms with Gasteiger partial charge in [-0.25, -0.2) is 0 Å². The Bertz CT molecular complexity index is 536. The van der Waals surface area contributed by atoms with E-state index in [0.29, 0.717) is 0 Å². The van der Waals surface area contributed by atoms with E-state index < -0.39 is 0 Å². The van der Waals surface area contributed by atoms with Crippen LogP contribution in [0.25, 0.3) is 0 Å². The maximum absolute atomic E-state index is 6.31. The van der Waals surface area contributed by atoms with Gasteiger partial charge in [-0.2, -0.15) is 0 Å². The Labute approximate surface area is 127 Å². The molecule has 3 rings (SSSR count). The minimum Gasteiger partial charge on any atom is -0.467 e. The molecule has 1 aromatic rings. The number of ether oxygens (including phenoxy) is 1. The molecule has 0 radical (unpaired) electrons. The lowest BCUT2D eigenvalue weighted by molar-refractivity contribution is -0.0685. The van der Waals surface area contributed by atoms with Gasteiger partial charge >= 0.3 is 0 Å². The highest BCUT2D eigenvalue weighted by Gasteiger charge is 2.47. The summed E-state index contributed by atoms with van der Waals surface area (Å²) in [5, 5.41) is 4.25. The lowest BCUT2D eigenvalue weighted by Crippen LogP contribution is -2.64. The second-order valence-electron chi connectivity index (χ2n) is 5.29. The van der Waals surface area contributed by atoms with Crippen molar-refractivity contribution < 1.29 is 4.74 Å². The molecule has 2 aliphatic heterocycles. The van der Waals surface area contributed by atoms with Crippen LogP contribution in [-0.4, -0.2) is 22.3 Å². The Balaban J connectivity index is 2.06. The summed E-state index contributed by atoms with van der Waals surface area (Å²) in [5.74, 6) is 0.942. The summed E-state index contributed by atoms with van der Waals surface area (Å²) in [7, 11) is 0. The summed E-state index contributed by atoms with van der Waals surface area (Å²) >= 11 is 9.09. The van der Waals surface area contributed by atoms with Gasteiger partial charge in [0.2, 0.25) is 0 Å². The van der Waals surface area contributed by atoms with Crippen LogP contribution in [0.1, 0.15) is 38.3 Å². The van der Waals surface area contributed by atoms with Crippen LogP contribution in [0.2, 0.25) is 0 Å². The first-order chi connectivity index (χ1) is 9.05. The summed E-state index contributed by atoms with van der Waals surface area (Å²) in [6.07, 6.45) is 1.96. The molecule has 5 heteroatoms. The topological polar surface area (TPSA) is 24.5 Å². The fourth-order valence-corrected chi connectivity index (χ4v) is 3.84. The Hall–Kier alpha value is -0.810. The fraction of sp³-hybridized carbons (Fsp3) is 0.500. The summed E-state index contributed by atoms with van der Waals surface area (Å²) in [4.78, 5) is 2.17. The van der Waals surface area contributed by atoms with Crippen LogP contribution in [0.5, 0.6) is 5.75 Å². The molecule has 0 aliphatic carbocycles. The Morgan fingerprint density at radius 3 is 3.11 bits per heavy atom. The standard InChI is InChI=1S/C14H17BrN2OS/c1-3-7-17-13(19)16-11-8-14(17,2)18-12-9(11)5-4-6-10(12)15/h4-6,11H,3,7-8H2,1-2H3,(H,16,19). The highest BCUT2D eigenvalue weighted by Crippen LogP contribution is 2.46. The van der Waals surface area contributed by atoms with Gasteiger partial charge in [0.25, 0.3) is 0 Å². The van der Waals surface area contributed by atoms with E-state index in [1.165, 1.54) is 5.56 Å². The average Bonchev–Trinajstić information content (AvgIpc) is 2.36. The van der Waals surface area contributed by atoms with Crippen LogP contribution in [0.15, 0.2) is 22.7 Å². The summed E-state index contributed by atoms with van der Waals surface area (Å²) in [6.45, 7) is 5.20. The molecule has 102 valence electrons. The lowest BCUT2D eigenvalue weighted by atomic mass is 9.90. The van der Waals surface area contributed by atoms with Crippen molar-refractivity contribution in [1.29, 1.82) is 0 Å². The predicted octanol–water partition coefficient (Wildman–Crippen LogP) is 3.59. The third-order valence-electron chi connectivity index (χ3n) is 3.84. The first-order valence-corrected chi connectivity index (χ1v) is 7.81. The molecule has 2 bridgehead atoms. The van der Waals surface area contributed by atoms with E-state index in [1.54, 1.807) is 0 Å². The minimum absolute atomic E-state index is 0.242. The summed E-state index contributed by atoms with van der Waals surface area (Å²) in [5.41, 5.74) is 0.838. The van der Waals surface area contributed by atoms with Gasteiger partial charge in [-0.15, -0.1) is 0 Å². The molecule has 0 amide bonds. The number of nitrogens with one attached hydrogen (secondary N) is 1. The number of halogens is 1. The lowest BCUT2D eigenvalue weighted by Gasteiger charge is -2.52. The number of hydrogen-bond donors (Lipinski definition) is 1. The van der Waals surface area contributed by atoms with Gasteiger partial charge in [0.15, 0.2) is 10.8 Å². The van der Waals surface area contributed by atoms with Gasteiger partial charge in [0.05, 0.1) is 10.5 Å². The van der Waals surface area contributed by atoms with Crippen molar-refractivity contribution in [2.75, 3.05) is 6.54 Å². The molecule has 2 atom stereocenters. The molecule has 1 fully saturated rings. The molecule has 19 heavy (non-hydrogen) atoms. The van der Waals surface area contributed by atoms with Crippen molar-refractivity contribution in [3.8, 4) is 5.75 Å². The van der Waals surface area contributed by atoms with Gasteiger partial charge in [-0.1, -0.05) is 19.1 Å². The molecule has 2 aliphatic rings. The molecule has 2 unspecified atom stereocenters. The number of rotatable bonds is 2. The highest BCUT2D eigenvalue weighted by molar-refractivity contribution is 9.10. The average molecular weight is 341 g/mol. The molecular formula is C14H17BrN2OS. The highest BCUT2D eigenvalue weighted by atomic mass is 79.9. The van der Waals surface area contributed by atoms with Crippen molar-refractivity contribution in [3.63, 3.8) is 0 Å². The minimum atomic E-state index is -0.347. The second-order valence-corrected chi connectivity index (χ2v) is 6.53. The first-order valence-electron chi connectivity index (χ1n) is 6.61. The van der Waals surface area contributed by atoms with E-state index >= 15 is 0 Å². The van der Waals surface area contributed by atoms with Crippen LogP contribution in [-0.2, 0) is 0 Å². The zero-order chi connectivity index (χ0) is 13.6. The van der Waals surface area contributed by atoms with Crippen molar-refractivity contribution in [1.82, 2.24) is 10.2 Å². The van der Waals surface area contributed by atoms with Crippen molar-refractivity contribution in [2.45, 2.75) is 38.5 Å². The molecule has 1 aromatic carbocycles. The Morgan fingerprint density at radius 1 is 1.58 bits per heavy atom. The van der Waals surface area contributed by atoms with Gasteiger partial charge in [0.1, 0.15) is 5.75 Å². The van der Waals surface area contributed by atoms with Crippen LogP contribution in [0.3, 0.4) is 0 Å². The first kappa shape index (κ1) is 13.2. The van der Waals surface area contributed by atoms with Crippen molar-refractivity contribution >= 4 is 33.3 Å². The van der Waals surface area contributed by atoms with E-state index in [9.17, 15) is 0 Å². The zero-order valence-corrected chi connectivity index (χ0v) is 13.5. The monoisotopic (exact) mass is 340 g/mol. The normalized spacial score (nSPS) is 28.5. The molecular weight excluding hydrogens is 324 g/mol. The molecule has 0 aromatic heterocycles. The van der Waals surface area contributed by atoms with Crippen molar-refractivity contribution in [3.05, 3.63) is 28.2 Å². The van der Waals surface area contributed by atoms with Crippen LogP contribution >= 0.6 is 28.1 Å². The van der Waals surface area contributed by atoms with Crippen LogP contribution in [0.4, 0.5) is 0 Å². The third kappa shape index (κ3) is 2.03. The molecule has 2 heterocycles. The van der Waals surface area contributed by atoms with Gasteiger partial charge < -0.3 is 15.0 Å². The second kappa shape index (κ2) is 4.63. The van der Waals surface area contributed by atoms with E-state index in [-0.39, 0.29) is 11.8 Å². The Kier molecular flexibility index (Phi) is 3.21. The van der Waals surface area contributed by atoms with Crippen molar-refractivity contribution in [2.24, 2.45) is 0 Å². The maximum Gasteiger partial charge on any atom is 0.184 e. The number of fused-ring (bicyclic) bond motifs is 4. The van der Waals surface area contributed by atoms with Gasteiger partial charge in [-0.3, -0.25) is 0 Å². The molecule has 1 N–H and O–H groups in total. The van der Waals surface area contributed by atoms with Gasteiger partial charge in [0, 0.05) is 18.5 Å². The maximum atomic E-state index is 6.31. The molecule has 3 nitrogen and oxygen atoms in total. The number of nitrogens with zero attached hydrogens (tertiary/aromatic N) is 1. The largest absolute Gasteiger partial charge is 0.467 e. The third-order valence-corrected chi connectivity index (χ3v) is 4.80. The Morgan fingerprint density at radius 2 is 2.37 bits per heavy atom.